The summed E-state index contributed by atoms with van der Waals surface area (Å²) in [7, 11) is 3.17. The van der Waals surface area contributed by atoms with Gasteiger partial charge in [0.25, 0.3) is 23.6 Å². The third-order valence-electron chi connectivity index (χ3n) is 14.7. The topological polar surface area (TPSA) is 112 Å². The van der Waals surface area contributed by atoms with Crippen LogP contribution in [0.25, 0.3) is 43.1 Å². The Morgan fingerprint density at radius 1 is 0.371 bits per heavy atom. The van der Waals surface area contributed by atoms with Crippen molar-refractivity contribution < 1.29 is 38.1 Å². The van der Waals surface area contributed by atoms with E-state index in [9.17, 15) is 0 Å². The van der Waals surface area contributed by atoms with Crippen molar-refractivity contribution in [2.75, 3.05) is 14.2 Å². The zero-order chi connectivity index (χ0) is 49.1. The van der Waals surface area contributed by atoms with Gasteiger partial charge in [-0.2, -0.15) is 0 Å². The van der Waals surface area contributed by atoms with Gasteiger partial charge in [-0.1, -0.05) is 141 Å². The van der Waals surface area contributed by atoms with Crippen LogP contribution >= 0.6 is 0 Å². The molecule has 0 aromatic heterocycles. The fourth-order valence-electron chi connectivity index (χ4n) is 11.2. The van der Waals surface area contributed by atoms with Crippen LogP contribution in [0.2, 0.25) is 0 Å². The van der Waals surface area contributed by atoms with Gasteiger partial charge < -0.3 is 18.9 Å². The fraction of sp³-hybridized carbons (Fsp3) is 0.400. The molecule has 0 bridgehead atoms. The number of imide groups is 2. The van der Waals surface area contributed by atoms with Crippen LogP contribution < -0.4 is 18.9 Å². The Morgan fingerprint density at radius 2 is 0.700 bits per heavy atom. The van der Waals surface area contributed by atoms with Gasteiger partial charge in [0.1, 0.15) is 11.5 Å². The number of methoxy groups -OCH3 is 2. The highest BCUT2D eigenvalue weighted by Crippen LogP contribution is 2.54. The second kappa shape index (κ2) is 21.1. The van der Waals surface area contributed by atoms with Crippen LogP contribution in [-0.4, -0.2) is 59.7 Å². The summed E-state index contributed by atoms with van der Waals surface area (Å²) in [5, 5.41) is 5.00. The molecule has 364 valence electrons. The summed E-state index contributed by atoms with van der Waals surface area (Å²) < 4.78 is 25.5. The summed E-state index contributed by atoms with van der Waals surface area (Å²) >= 11 is 0. The average molecular weight is 943 g/mol. The van der Waals surface area contributed by atoms with Crippen LogP contribution in [0.5, 0.6) is 34.5 Å². The highest BCUT2D eigenvalue weighted by molar-refractivity contribution is 6.43. The summed E-state index contributed by atoms with van der Waals surface area (Å²) in [5.41, 5.74) is 1.62. The van der Waals surface area contributed by atoms with Gasteiger partial charge in [0.2, 0.25) is 0 Å². The lowest BCUT2D eigenvalue weighted by atomic mass is 9.81. The van der Waals surface area contributed by atoms with E-state index in [1.165, 1.54) is 9.80 Å². The minimum atomic E-state index is -0.352. The summed E-state index contributed by atoms with van der Waals surface area (Å²) in [4.78, 5) is 64.0. The Balaban J connectivity index is 1.36. The summed E-state index contributed by atoms with van der Waals surface area (Å²) in [6.45, 7) is 8.64. The van der Waals surface area contributed by atoms with Gasteiger partial charge in [-0.15, -0.1) is 0 Å². The Morgan fingerprint density at radius 3 is 1.03 bits per heavy atom. The molecule has 2 aliphatic heterocycles. The number of para-hydroxylation sites is 4. The van der Waals surface area contributed by atoms with Crippen LogP contribution in [0.15, 0.2) is 84.9 Å². The summed E-state index contributed by atoms with van der Waals surface area (Å²) in [5.74, 6) is 1.30. The molecule has 10 nitrogen and oxygen atoms in total. The van der Waals surface area contributed by atoms with Crippen molar-refractivity contribution in [1.82, 2.24) is 9.80 Å². The monoisotopic (exact) mass is 942 g/mol. The molecule has 0 radical (unpaired) electrons. The number of carbonyl (C=O) groups excluding carboxylic acids is 4. The van der Waals surface area contributed by atoms with E-state index in [1.54, 1.807) is 26.4 Å². The molecule has 0 saturated heterocycles. The number of rotatable bonds is 24. The van der Waals surface area contributed by atoms with Gasteiger partial charge in [-0.25, -0.2) is 0 Å². The molecule has 0 fully saturated rings. The van der Waals surface area contributed by atoms with E-state index in [1.807, 2.05) is 72.8 Å². The molecule has 7 aromatic carbocycles. The second-order valence-corrected chi connectivity index (χ2v) is 19.2. The number of amides is 4. The van der Waals surface area contributed by atoms with E-state index >= 15 is 19.2 Å². The number of benzene rings is 7. The molecule has 70 heavy (non-hydrogen) atoms. The van der Waals surface area contributed by atoms with Crippen LogP contribution in [0, 0.1) is 0 Å². The first-order valence-corrected chi connectivity index (χ1v) is 25.9. The normalized spacial score (nSPS) is 13.7. The number of nitrogens with zero attached hydrogens (tertiary/aromatic N) is 2. The SMILES string of the molecule is CCCCCC(CCCCC)N1C(=O)c2ccc3c4c(Oc5ccccc5OC)cc5c6c(ccc(c7c(Oc8ccccc8OC)cc(c2c37)C1=O)c64)C(=O)N(C(CCCCC)CCCCC)C5=O. The van der Waals surface area contributed by atoms with Crippen molar-refractivity contribution in [3.63, 3.8) is 0 Å². The highest BCUT2D eigenvalue weighted by Gasteiger charge is 2.42. The zero-order valence-corrected chi connectivity index (χ0v) is 41.7. The lowest BCUT2D eigenvalue weighted by Gasteiger charge is -2.36. The predicted molar refractivity (Wildman–Crippen MR) is 279 cm³/mol. The van der Waals surface area contributed by atoms with Gasteiger partial charge in [0, 0.05) is 55.5 Å². The smallest absolute Gasteiger partial charge is 0.261 e. The molecular formula is C60H66N2O8. The predicted octanol–water partition coefficient (Wildman–Crippen LogP) is 15.6. The Kier molecular flexibility index (Phi) is 14.6. The standard InChI is InChI=1S/C60H66N2O8/c1-7-11-15-23-37(24-16-12-8-2)61-57(63)41-33-31-39-54-50(70-48-30-22-20-28-46(48)68-6)36-44-52-42(58(64)62(60(44)66)38(25-17-13-9-3)26-18-14-10-4)34-32-40(56(52)54)53-49(35-43(59(61)65)51(41)55(39)53)69-47-29-21-19-27-45(47)67-5/h19-22,27-38H,7-18,23-26H2,1-6H3. The fourth-order valence-corrected chi connectivity index (χ4v) is 11.2. The molecule has 9 rings (SSSR count). The first-order valence-electron chi connectivity index (χ1n) is 25.9. The molecular weight excluding hydrogens is 877 g/mol. The molecule has 7 aromatic rings. The van der Waals surface area contributed by atoms with E-state index < -0.39 is 0 Å². The maximum atomic E-state index is 15.4. The molecule has 0 unspecified atom stereocenters. The lowest BCUT2D eigenvalue weighted by molar-refractivity contribution is 0.0501. The van der Waals surface area contributed by atoms with Crippen molar-refractivity contribution in [2.45, 2.75) is 143 Å². The molecule has 0 atom stereocenters. The molecule has 0 spiro atoms. The first-order chi connectivity index (χ1) is 34.2. The van der Waals surface area contributed by atoms with Crippen LogP contribution in [-0.2, 0) is 0 Å². The van der Waals surface area contributed by atoms with E-state index in [0.717, 1.165) is 103 Å². The van der Waals surface area contributed by atoms with Gasteiger partial charge in [-0.05, 0) is 85.0 Å². The molecule has 2 heterocycles. The summed E-state index contributed by atoms with van der Waals surface area (Å²) in [6.07, 6.45) is 14.7. The maximum Gasteiger partial charge on any atom is 0.261 e. The van der Waals surface area contributed by atoms with Gasteiger partial charge >= 0.3 is 0 Å². The van der Waals surface area contributed by atoms with Crippen molar-refractivity contribution in [3.05, 3.63) is 107 Å². The molecule has 10 heteroatoms. The molecule has 0 aliphatic carbocycles. The zero-order valence-electron chi connectivity index (χ0n) is 41.7. The number of hydrogen-bond acceptors (Lipinski definition) is 8. The number of ether oxygens (including phenoxy) is 4. The lowest BCUT2D eigenvalue weighted by Crippen LogP contribution is -2.47. The number of unbranched alkanes of at least 4 members (excludes halogenated alkanes) is 8. The minimum absolute atomic E-state index is 0.266. The van der Waals surface area contributed by atoms with Crippen molar-refractivity contribution in [2.24, 2.45) is 0 Å². The van der Waals surface area contributed by atoms with Gasteiger partial charge in [-0.3, -0.25) is 29.0 Å². The van der Waals surface area contributed by atoms with Gasteiger partial charge in [0.05, 0.1) is 25.3 Å². The third-order valence-corrected chi connectivity index (χ3v) is 14.7. The first kappa shape index (κ1) is 48.3. The molecule has 0 N–H and O–H groups in total. The molecule has 4 amide bonds. The molecule has 0 saturated carbocycles. The summed E-state index contributed by atoms with van der Waals surface area (Å²) in [6, 6.07) is 25.3. The quantitative estimate of drug-likeness (QED) is 0.0255. The largest absolute Gasteiger partial charge is 0.493 e. The van der Waals surface area contributed by atoms with Crippen molar-refractivity contribution >= 4 is 66.7 Å². The Bertz CT molecular complexity index is 2870. The Hall–Kier alpha value is -6.68. The number of fused-ring (bicyclic) bond motifs is 2. The van der Waals surface area contributed by atoms with E-state index in [0.29, 0.717) is 99.8 Å². The average Bonchev–Trinajstić information content (AvgIpc) is 3.37. The van der Waals surface area contributed by atoms with Crippen molar-refractivity contribution in [3.8, 4) is 34.5 Å². The highest BCUT2D eigenvalue weighted by atomic mass is 16.5. The maximum absolute atomic E-state index is 15.4. The third kappa shape index (κ3) is 8.57. The van der Waals surface area contributed by atoms with E-state index in [4.69, 9.17) is 18.9 Å². The minimum Gasteiger partial charge on any atom is -0.493 e. The van der Waals surface area contributed by atoms with Crippen LogP contribution in [0.3, 0.4) is 0 Å². The van der Waals surface area contributed by atoms with Crippen molar-refractivity contribution in [1.29, 1.82) is 0 Å². The Labute approximate surface area is 411 Å². The van der Waals surface area contributed by atoms with Crippen LogP contribution in [0.1, 0.15) is 172 Å². The second-order valence-electron chi connectivity index (χ2n) is 19.2. The number of carbonyl (C=O) groups is 4. The van der Waals surface area contributed by atoms with E-state index in [2.05, 4.69) is 27.7 Å². The molecule has 2 aliphatic rings. The van der Waals surface area contributed by atoms with Gasteiger partial charge in [0.15, 0.2) is 23.0 Å². The van der Waals surface area contributed by atoms with Crippen LogP contribution in [0.4, 0.5) is 0 Å². The van der Waals surface area contributed by atoms with E-state index in [-0.39, 0.29) is 35.7 Å². The number of hydrogen-bond donors (Lipinski definition) is 0.